The van der Waals surface area contributed by atoms with Gasteiger partial charge >= 0.3 is 12.2 Å². The van der Waals surface area contributed by atoms with Gasteiger partial charge in [-0.05, 0) is 13.8 Å². The molecule has 0 spiro atoms. The quantitative estimate of drug-likeness (QED) is 0.749. The Balaban J connectivity index is 2.50. The van der Waals surface area contributed by atoms with Crippen molar-refractivity contribution in [3.8, 4) is 0 Å². The van der Waals surface area contributed by atoms with Gasteiger partial charge in [0.25, 0.3) is 0 Å². The first-order valence-corrected chi connectivity index (χ1v) is 4.73. The molecule has 1 saturated heterocycles. The van der Waals surface area contributed by atoms with Crippen LogP contribution in [0.4, 0.5) is 9.59 Å². The van der Waals surface area contributed by atoms with E-state index in [1.165, 1.54) is 7.11 Å². The molecular weight excluding hydrogens is 200 g/mol. The van der Waals surface area contributed by atoms with Gasteiger partial charge in [-0.15, -0.1) is 0 Å². The number of ether oxygens (including phenoxy) is 2. The molecule has 1 heterocycles. The molecule has 0 atom stereocenters. The van der Waals surface area contributed by atoms with Crippen LogP contribution >= 0.6 is 0 Å². The number of carbonyl (C=O) groups excluding carboxylic acids is 2. The van der Waals surface area contributed by atoms with Crippen LogP contribution in [0.15, 0.2) is 0 Å². The highest BCUT2D eigenvalue weighted by atomic mass is 16.6. The van der Waals surface area contributed by atoms with Gasteiger partial charge in [0.15, 0.2) is 0 Å². The van der Waals surface area contributed by atoms with Gasteiger partial charge in [-0.1, -0.05) is 0 Å². The van der Waals surface area contributed by atoms with E-state index in [9.17, 15) is 9.59 Å². The zero-order valence-electron chi connectivity index (χ0n) is 9.20. The lowest BCUT2D eigenvalue weighted by Crippen LogP contribution is -2.52. The van der Waals surface area contributed by atoms with Crippen LogP contribution in [0.2, 0.25) is 0 Å². The van der Waals surface area contributed by atoms with E-state index in [1.807, 2.05) is 13.8 Å². The number of carbonyl (C=O) groups is 2. The zero-order chi connectivity index (χ0) is 11.5. The predicted molar refractivity (Wildman–Crippen MR) is 52.5 cm³/mol. The van der Waals surface area contributed by atoms with Crippen molar-refractivity contribution in [2.45, 2.75) is 19.4 Å². The summed E-state index contributed by atoms with van der Waals surface area (Å²) in [5.41, 5.74) is -0.470. The van der Waals surface area contributed by atoms with Crippen LogP contribution in [-0.2, 0) is 9.47 Å². The molecular formula is C9H16N2O4. The molecule has 1 aliphatic rings. The van der Waals surface area contributed by atoms with Crippen LogP contribution in [0.3, 0.4) is 0 Å². The van der Waals surface area contributed by atoms with Crippen molar-refractivity contribution in [2.75, 3.05) is 26.8 Å². The van der Waals surface area contributed by atoms with Gasteiger partial charge in [-0.25, -0.2) is 9.59 Å². The minimum Gasteiger partial charge on any atom is -0.453 e. The van der Waals surface area contributed by atoms with E-state index in [4.69, 9.17) is 4.74 Å². The number of nitrogens with one attached hydrogen (secondary N) is 1. The first-order valence-electron chi connectivity index (χ1n) is 4.73. The minimum atomic E-state index is -0.504. The van der Waals surface area contributed by atoms with Crippen molar-refractivity contribution in [3.05, 3.63) is 0 Å². The first-order chi connectivity index (χ1) is 6.97. The van der Waals surface area contributed by atoms with Crippen LogP contribution in [-0.4, -0.2) is 49.4 Å². The molecule has 86 valence electrons. The largest absolute Gasteiger partial charge is 0.453 e. The van der Waals surface area contributed by atoms with Crippen molar-refractivity contribution in [1.82, 2.24) is 10.2 Å². The second-order valence-electron chi connectivity index (χ2n) is 3.92. The summed E-state index contributed by atoms with van der Waals surface area (Å²) in [5.74, 6) is 0. The summed E-state index contributed by atoms with van der Waals surface area (Å²) in [4.78, 5) is 23.8. The van der Waals surface area contributed by atoms with E-state index >= 15 is 0 Å². The summed E-state index contributed by atoms with van der Waals surface area (Å²) in [5, 5.41) is 2.56. The number of hydrogen-bond donors (Lipinski definition) is 1. The second-order valence-corrected chi connectivity index (χ2v) is 3.92. The molecule has 6 nitrogen and oxygen atoms in total. The maximum Gasteiger partial charge on any atom is 0.410 e. The Morgan fingerprint density at radius 1 is 1.67 bits per heavy atom. The summed E-state index contributed by atoms with van der Waals surface area (Å²) in [7, 11) is 1.30. The lowest BCUT2D eigenvalue weighted by atomic mass is 10.0. The van der Waals surface area contributed by atoms with Crippen LogP contribution in [0.1, 0.15) is 13.8 Å². The van der Waals surface area contributed by atoms with E-state index < -0.39 is 11.6 Å². The molecule has 1 N–H and O–H groups in total. The first kappa shape index (κ1) is 11.6. The van der Waals surface area contributed by atoms with Gasteiger partial charge < -0.3 is 14.8 Å². The lowest BCUT2D eigenvalue weighted by molar-refractivity contribution is 0.121. The number of cyclic esters (lactones) is 1. The van der Waals surface area contributed by atoms with E-state index in [0.717, 1.165) is 0 Å². The molecule has 0 aromatic rings. The van der Waals surface area contributed by atoms with E-state index in [0.29, 0.717) is 19.7 Å². The maximum atomic E-state index is 11.3. The average Bonchev–Trinajstić information content (AvgIpc) is 2.61. The molecule has 6 heteroatoms. The van der Waals surface area contributed by atoms with Crippen molar-refractivity contribution in [2.24, 2.45) is 0 Å². The monoisotopic (exact) mass is 216 g/mol. The van der Waals surface area contributed by atoms with Gasteiger partial charge in [0, 0.05) is 6.54 Å². The molecule has 1 rings (SSSR count). The van der Waals surface area contributed by atoms with Crippen molar-refractivity contribution in [1.29, 1.82) is 0 Å². The summed E-state index contributed by atoms with van der Waals surface area (Å²) in [6.45, 7) is 5.00. The minimum absolute atomic E-state index is 0.328. The van der Waals surface area contributed by atoms with Crippen LogP contribution in [0, 0.1) is 0 Å². The van der Waals surface area contributed by atoms with Crippen molar-refractivity contribution < 1.29 is 19.1 Å². The van der Waals surface area contributed by atoms with Gasteiger partial charge in [-0.2, -0.15) is 0 Å². The molecule has 0 aromatic carbocycles. The van der Waals surface area contributed by atoms with Gasteiger partial charge in [0.1, 0.15) is 6.61 Å². The Labute approximate surface area is 88.5 Å². The number of nitrogens with zero attached hydrogens (tertiary/aromatic N) is 1. The van der Waals surface area contributed by atoms with Gasteiger partial charge in [-0.3, -0.25) is 4.90 Å². The standard InChI is InChI=1S/C9H16N2O4/c1-9(2,6-10-7(12)14-3)11-4-5-15-8(11)13/h4-6H2,1-3H3,(H,10,12). The molecule has 0 aromatic heterocycles. The third-order valence-electron chi connectivity index (χ3n) is 2.34. The highest BCUT2D eigenvalue weighted by molar-refractivity contribution is 5.71. The molecule has 0 saturated carbocycles. The Morgan fingerprint density at radius 2 is 2.33 bits per heavy atom. The summed E-state index contributed by atoms with van der Waals surface area (Å²) in [6, 6.07) is 0. The SMILES string of the molecule is COC(=O)NCC(C)(C)N1CCOC1=O. The molecule has 15 heavy (non-hydrogen) atoms. The predicted octanol–water partition coefficient (Wildman–Crippen LogP) is 0.573. The fourth-order valence-electron chi connectivity index (χ4n) is 1.40. The second kappa shape index (κ2) is 4.37. The molecule has 1 aliphatic heterocycles. The lowest BCUT2D eigenvalue weighted by Gasteiger charge is -2.33. The third-order valence-corrected chi connectivity index (χ3v) is 2.34. The molecule has 1 fully saturated rings. The Bertz CT molecular complexity index is 265. The highest BCUT2D eigenvalue weighted by Crippen LogP contribution is 2.18. The molecule has 0 aliphatic carbocycles. The normalized spacial score (nSPS) is 16.2. The van der Waals surface area contributed by atoms with E-state index in [-0.39, 0.29) is 6.09 Å². The fraction of sp³-hybridized carbons (Fsp3) is 0.778. The highest BCUT2D eigenvalue weighted by Gasteiger charge is 2.35. The number of methoxy groups -OCH3 is 1. The molecule has 0 radical (unpaired) electrons. The van der Waals surface area contributed by atoms with E-state index in [2.05, 4.69) is 10.1 Å². The topological polar surface area (TPSA) is 67.9 Å². The molecule has 0 bridgehead atoms. The van der Waals surface area contributed by atoms with Crippen LogP contribution in [0.25, 0.3) is 0 Å². The van der Waals surface area contributed by atoms with E-state index in [1.54, 1.807) is 4.90 Å². The number of alkyl carbamates (subject to hydrolysis) is 1. The Morgan fingerprint density at radius 3 is 2.80 bits per heavy atom. The number of rotatable bonds is 3. The smallest absolute Gasteiger partial charge is 0.410 e. The van der Waals surface area contributed by atoms with Gasteiger partial charge in [0.2, 0.25) is 0 Å². The third kappa shape index (κ3) is 2.74. The van der Waals surface area contributed by atoms with Crippen molar-refractivity contribution in [3.63, 3.8) is 0 Å². The average molecular weight is 216 g/mol. The summed E-state index contributed by atoms with van der Waals surface area (Å²) >= 11 is 0. The molecule has 2 amide bonds. The Kier molecular flexibility index (Phi) is 3.39. The number of amides is 2. The van der Waals surface area contributed by atoms with Crippen molar-refractivity contribution >= 4 is 12.2 Å². The van der Waals surface area contributed by atoms with Crippen LogP contribution in [0.5, 0.6) is 0 Å². The summed E-state index contributed by atoms with van der Waals surface area (Å²) < 4.78 is 9.28. The maximum absolute atomic E-state index is 11.3. The summed E-state index contributed by atoms with van der Waals surface area (Å²) in [6.07, 6.45) is -0.845. The fourth-order valence-corrected chi connectivity index (χ4v) is 1.40. The number of hydrogen-bond acceptors (Lipinski definition) is 4. The molecule has 0 unspecified atom stereocenters. The van der Waals surface area contributed by atoms with Gasteiger partial charge in [0.05, 0.1) is 19.2 Å². The Hall–Kier alpha value is -1.46. The zero-order valence-corrected chi connectivity index (χ0v) is 9.20. The van der Waals surface area contributed by atoms with Crippen LogP contribution < -0.4 is 5.32 Å².